The molecule has 1 aliphatic carbocycles. The maximum Gasteiger partial charge on any atom is 0.141 e. The zero-order valence-electron chi connectivity index (χ0n) is 18.6. The van der Waals surface area contributed by atoms with Crippen LogP contribution in [0.1, 0.15) is 61.3 Å². The topological polar surface area (TPSA) is 60.1 Å². The van der Waals surface area contributed by atoms with Gasteiger partial charge in [-0.2, -0.15) is 0 Å². The van der Waals surface area contributed by atoms with Crippen LogP contribution in [0.3, 0.4) is 0 Å². The predicted octanol–water partition coefficient (Wildman–Crippen LogP) is 4.25. The summed E-state index contributed by atoms with van der Waals surface area (Å²) in [5.74, 6) is 0.718. The Hall–Kier alpha value is -2.51. The van der Waals surface area contributed by atoms with Gasteiger partial charge in [0.15, 0.2) is 0 Å². The van der Waals surface area contributed by atoms with Crippen LogP contribution in [0.15, 0.2) is 30.5 Å². The number of H-pyrrole nitrogens is 1. The van der Waals surface area contributed by atoms with Crippen LogP contribution < -0.4 is 10.2 Å². The number of rotatable bonds is 4. The molecule has 6 nitrogen and oxygen atoms in total. The number of hydrogen-bond acceptors (Lipinski definition) is 5. The van der Waals surface area contributed by atoms with E-state index in [1.54, 1.807) is 6.07 Å². The Labute approximate surface area is 188 Å². The number of nitrogens with zero attached hydrogens (tertiary/aromatic N) is 4. The lowest BCUT2D eigenvalue weighted by Gasteiger charge is -2.36. The van der Waals surface area contributed by atoms with Crippen molar-refractivity contribution in [2.45, 2.75) is 57.2 Å². The number of aromatic amines is 1. The summed E-state index contributed by atoms with van der Waals surface area (Å²) in [5, 5.41) is 3.73. The predicted molar refractivity (Wildman–Crippen MR) is 124 cm³/mol. The highest BCUT2D eigenvalue weighted by atomic mass is 19.1. The summed E-state index contributed by atoms with van der Waals surface area (Å²) >= 11 is 0. The molecule has 0 bridgehead atoms. The highest BCUT2D eigenvalue weighted by molar-refractivity contribution is 5.89. The van der Waals surface area contributed by atoms with Crippen molar-refractivity contribution in [1.82, 2.24) is 25.2 Å². The van der Waals surface area contributed by atoms with Crippen molar-refractivity contribution in [2.24, 2.45) is 0 Å². The highest BCUT2D eigenvalue weighted by Crippen LogP contribution is 2.35. The largest absolute Gasteiger partial charge is 0.367 e. The van der Waals surface area contributed by atoms with Gasteiger partial charge in [0.2, 0.25) is 0 Å². The molecule has 3 aromatic rings. The van der Waals surface area contributed by atoms with E-state index in [9.17, 15) is 4.39 Å². The lowest BCUT2D eigenvalue weighted by molar-refractivity contribution is 0.248. The van der Waals surface area contributed by atoms with E-state index in [-0.39, 0.29) is 17.9 Å². The summed E-state index contributed by atoms with van der Waals surface area (Å²) in [6.07, 6.45) is 7.21. The number of piperidine rings is 1. The molecule has 2 aromatic heterocycles. The molecular formula is C25H31FN6. The van der Waals surface area contributed by atoms with Crippen molar-refractivity contribution in [3.8, 4) is 0 Å². The minimum atomic E-state index is -0.276. The van der Waals surface area contributed by atoms with E-state index >= 15 is 0 Å². The van der Waals surface area contributed by atoms with Gasteiger partial charge < -0.3 is 9.88 Å². The monoisotopic (exact) mass is 434 g/mol. The first kappa shape index (κ1) is 20.1. The molecular weight excluding hydrogens is 403 g/mol. The Kier molecular flexibility index (Phi) is 5.11. The van der Waals surface area contributed by atoms with Gasteiger partial charge in [0.25, 0.3) is 0 Å². The molecule has 0 radical (unpaired) electrons. The number of anilines is 1. The third kappa shape index (κ3) is 3.77. The number of halogens is 1. The third-order valence-corrected chi connectivity index (χ3v) is 7.37. The van der Waals surface area contributed by atoms with Crippen molar-refractivity contribution < 1.29 is 4.39 Å². The van der Waals surface area contributed by atoms with Gasteiger partial charge in [-0.15, -0.1) is 0 Å². The van der Waals surface area contributed by atoms with Crippen molar-refractivity contribution in [3.63, 3.8) is 0 Å². The smallest absolute Gasteiger partial charge is 0.141 e. The molecule has 3 aliphatic rings. The summed E-state index contributed by atoms with van der Waals surface area (Å²) in [5.41, 5.74) is 5.28. The standard InChI is InChI=1S/C25H31FN6/c1-16-14-17(26)15-27-23(16)19-4-2-6-21(28-19)25-29-20-5-3-7-22(24(20)30-25)32-12-10-31(11-13-32)18-8-9-18/h3,5,7,14-15,18-19,21,28H,2,4,6,8-13H2,1H3,(H,29,30)/t19-,21+/m0/s1. The highest BCUT2D eigenvalue weighted by Gasteiger charge is 2.32. The zero-order valence-corrected chi connectivity index (χ0v) is 18.6. The molecule has 6 rings (SSSR count). The molecule has 0 spiro atoms. The van der Waals surface area contributed by atoms with E-state index in [0.29, 0.717) is 0 Å². The SMILES string of the molecule is Cc1cc(F)cnc1[C@@H]1CCC[C@H](c2nc3cccc(N4CCN(C5CC5)CC4)c3[nH]2)N1. The molecule has 4 heterocycles. The summed E-state index contributed by atoms with van der Waals surface area (Å²) < 4.78 is 13.5. The number of pyridine rings is 1. The van der Waals surface area contributed by atoms with Crippen LogP contribution in [0.5, 0.6) is 0 Å². The van der Waals surface area contributed by atoms with E-state index in [1.165, 1.54) is 24.7 Å². The molecule has 32 heavy (non-hydrogen) atoms. The molecule has 2 atom stereocenters. The number of para-hydroxylation sites is 1. The summed E-state index contributed by atoms with van der Waals surface area (Å²) in [7, 11) is 0. The molecule has 0 unspecified atom stereocenters. The first-order valence-corrected chi connectivity index (χ1v) is 12.0. The zero-order chi connectivity index (χ0) is 21.7. The lowest BCUT2D eigenvalue weighted by Crippen LogP contribution is -2.47. The van der Waals surface area contributed by atoms with Gasteiger partial charge in [0.05, 0.1) is 40.7 Å². The number of fused-ring (bicyclic) bond motifs is 1. The van der Waals surface area contributed by atoms with Crippen molar-refractivity contribution in [2.75, 3.05) is 31.1 Å². The van der Waals surface area contributed by atoms with Crippen molar-refractivity contribution >= 4 is 16.7 Å². The normalized spacial score (nSPS) is 24.9. The second-order valence-corrected chi connectivity index (χ2v) is 9.61. The van der Waals surface area contributed by atoms with E-state index in [4.69, 9.17) is 4.98 Å². The number of nitrogens with one attached hydrogen (secondary N) is 2. The van der Waals surface area contributed by atoms with Gasteiger partial charge >= 0.3 is 0 Å². The molecule has 2 N–H and O–H groups in total. The van der Waals surface area contributed by atoms with Gasteiger partial charge in [-0.1, -0.05) is 6.07 Å². The summed E-state index contributed by atoms with van der Waals surface area (Å²) in [6.45, 7) is 6.38. The molecule has 1 saturated carbocycles. The molecule has 0 amide bonds. The van der Waals surface area contributed by atoms with E-state index in [2.05, 4.69) is 43.3 Å². The fourth-order valence-electron chi connectivity index (χ4n) is 5.51. The first-order valence-electron chi connectivity index (χ1n) is 12.0. The second kappa shape index (κ2) is 8.12. The van der Waals surface area contributed by atoms with E-state index < -0.39 is 0 Å². The van der Waals surface area contributed by atoms with Gasteiger partial charge in [0, 0.05) is 32.2 Å². The molecule has 168 valence electrons. The fourth-order valence-corrected chi connectivity index (χ4v) is 5.51. The average Bonchev–Trinajstić information content (AvgIpc) is 3.57. The van der Waals surface area contributed by atoms with Crippen LogP contribution in [0, 0.1) is 12.7 Å². The Bertz CT molecular complexity index is 1110. The van der Waals surface area contributed by atoms with Crippen molar-refractivity contribution in [1.29, 1.82) is 0 Å². The maximum absolute atomic E-state index is 13.5. The number of aromatic nitrogens is 3. The summed E-state index contributed by atoms with van der Waals surface area (Å²) in [4.78, 5) is 18.2. The van der Waals surface area contributed by atoms with Crippen molar-refractivity contribution in [3.05, 3.63) is 53.4 Å². The van der Waals surface area contributed by atoms with Gasteiger partial charge in [0.1, 0.15) is 11.6 Å². The molecule has 1 aromatic carbocycles. The molecule has 7 heteroatoms. The minimum Gasteiger partial charge on any atom is -0.367 e. The minimum absolute atomic E-state index is 0.123. The average molecular weight is 435 g/mol. The summed E-state index contributed by atoms with van der Waals surface area (Å²) in [6, 6.07) is 9.13. The van der Waals surface area contributed by atoms with Crippen LogP contribution in [0.4, 0.5) is 10.1 Å². The maximum atomic E-state index is 13.5. The number of imidazole rings is 1. The van der Waals surface area contributed by atoms with Crippen LogP contribution >= 0.6 is 0 Å². The van der Waals surface area contributed by atoms with Gasteiger partial charge in [-0.25, -0.2) is 9.37 Å². The van der Waals surface area contributed by atoms with E-state index in [1.807, 2.05) is 6.92 Å². The molecule has 2 saturated heterocycles. The number of hydrogen-bond donors (Lipinski definition) is 2. The first-order chi connectivity index (χ1) is 15.7. The van der Waals surface area contributed by atoms with Crippen LogP contribution in [-0.2, 0) is 0 Å². The van der Waals surface area contributed by atoms with Crippen LogP contribution in [-0.4, -0.2) is 52.1 Å². The lowest BCUT2D eigenvalue weighted by atomic mass is 9.94. The number of piperazine rings is 1. The van der Waals surface area contributed by atoms with Gasteiger partial charge in [-0.3, -0.25) is 15.2 Å². The Morgan fingerprint density at radius 3 is 2.62 bits per heavy atom. The van der Waals surface area contributed by atoms with E-state index in [0.717, 1.165) is 79.6 Å². The molecule has 2 aliphatic heterocycles. The Morgan fingerprint density at radius 2 is 1.84 bits per heavy atom. The third-order valence-electron chi connectivity index (χ3n) is 7.37. The van der Waals surface area contributed by atoms with Crippen LogP contribution in [0.25, 0.3) is 11.0 Å². The van der Waals surface area contributed by atoms with Gasteiger partial charge in [-0.05, 0) is 62.8 Å². The molecule has 3 fully saturated rings. The number of benzene rings is 1. The fraction of sp³-hybridized carbons (Fsp3) is 0.520. The quantitative estimate of drug-likeness (QED) is 0.643. The number of aryl methyl sites for hydroxylation is 1. The second-order valence-electron chi connectivity index (χ2n) is 9.61. The Balaban J connectivity index is 1.23. The van der Waals surface area contributed by atoms with Crippen LogP contribution in [0.2, 0.25) is 0 Å². The Morgan fingerprint density at radius 1 is 1.03 bits per heavy atom.